The summed E-state index contributed by atoms with van der Waals surface area (Å²) in [5.41, 5.74) is 1.59. The highest BCUT2D eigenvalue weighted by atomic mass is 16.3. The fourth-order valence-electron chi connectivity index (χ4n) is 2.29. The number of hydrogen-bond donors (Lipinski definition) is 2. The number of benzene rings is 1. The normalized spacial score (nSPS) is 13.6. The van der Waals surface area contributed by atoms with Crippen LogP contribution in [0, 0.1) is 0 Å². The average Bonchev–Trinajstić information content (AvgIpc) is 2.27. The van der Waals surface area contributed by atoms with Gasteiger partial charge in [0, 0.05) is 24.5 Å². The molecule has 0 unspecified atom stereocenters. The number of aliphatic hydroxyl groups is 1. The highest BCUT2D eigenvalue weighted by Crippen LogP contribution is 2.35. The Kier molecular flexibility index (Phi) is 2.04. The fourth-order valence-corrected chi connectivity index (χ4v) is 2.29. The Morgan fingerprint density at radius 3 is 2.89 bits per heavy atom. The molecule has 0 saturated heterocycles. The van der Waals surface area contributed by atoms with Gasteiger partial charge in [0.15, 0.2) is 5.88 Å². The van der Waals surface area contributed by atoms with Crippen molar-refractivity contribution in [2.24, 2.45) is 0 Å². The molecule has 0 atom stereocenters. The van der Waals surface area contributed by atoms with Crippen molar-refractivity contribution in [3.63, 3.8) is 0 Å². The zero-order valence-electron chi connectivity index (χ0n) is 9.60. The predicted octanol–water partition coefficient (Wildman–Crippen LogP) is 1.75. The lowest BCUT2D eigenvalue weighted by Crippen LogP contribution is -2.29. The van der Waals surface area contributed by atoms with Gasteiger partial charge in [0.05, 0.1) is 11.2 Å². The summed E-state index contributed by atoms with van der Waals surface area (Å²) < 4.78 is 0. The van der Waals surface area contributed by atoms with Crippen LogP contribution in [0.4, 0.5) is 5.69 Å². The minimum Gasteiger partial charge on any atom is -0.494 e. The topological polar surface area (TPSA) is 73.4 Å². The standard InChI is InChI=1S/C13H10N2O3/c1-7(16)15-10-4-2-3-9-13(10)8(6-12(15)18)5-11(17)14-9/h2-6,18H,1H3,(H,14,17). The summed E-state index contributed by atoms with van der Waals surface area (Å²) in [5, 5.41) is 10.6. The van der Waals surface area contributed by atoms with Crippen molar-refractivity contribution in [2.75, 3.05) is 4.90 Å². The van der Waals surface area contributed by atoms with E-state index in [-0.39, 0.29) is 17.3 Å². The largest absolute Gasteiger partial charge is 0.494 e. The van der Waals surface area contributed by atoms with Crippen LogP contribution in [-0.4, -0.2) is 16.0 Å². The Bertz CT molecular complexity index is 758. The van der Waals surface area contributed by atoms with Crippen molar-refractivity contribution in [1.29, 1.82) is 0 Å². The van der Waals surface area contributed by atoms with E-state index in [1.165, 1.54) is 24.0 Å². The molecule has 0 radical (unpaired) electrons. The summed E-state index contributed by atoms with van der Waals surface area (Å²) in [7, 11) is 0. The van der Waals surface area contributed by atoms with Crippen molar-refractivity contribution in [3.05, 3.63) is 46.1 Å². The Hall–Kier alpha value is -2.56. The van der Waals surface area contributed by atoms with Gasteiger partial charge in [-0.05, 0) is 17.7 Å². The van der Waals surface area contributed by atoms with E-state index in [9.17, 15) is 14.7 Å². The van der Waals surface area contributed by atoms with Crippen molar-refractivity contribution in [1.82, 2.24) is 4.98 Å². The minimum atomic E-state index is -0.284. The fraction of sp³-hybridized carbons (Fsp3) is 0.0769. The van der Waals surface area contributed by atoms with E-state index >= 15 is 0 Å². The SMILES string of the molecule is CC(=O)N1C(O)=Cc2cc(=O)[nH]c3cccc1c23. The van der Waals surface area contributed by atoms with Crippen LogP contribution in [0.25, 0.3) is 17.0 Å². The molecule has 2 N–H and O–H groups in total. The zero-order chi connectivity index (χ0) is 12.9. The Morgan fingerprint density at radius 1 is 1.39 bits per heavy atom. The first-order valence-electron chi connectivity index (χ1n) is 5.45. The lowest BCUT2D eigenvalue weighted by Gasteiger charge is -2.25. The van der Waals surface area contributed by atoms with Gasteiger partial charge in [-0.3, -0.25) is 14.5 Å². The molecular weight excluding hydrogens is 232 g/mol. The number of carbonyl (C=O) groups excluding carboxylic acids is 1. The van der Waals surface area contributed by atoms with Gasteiger partial charge in [-0.1, -0.05) is 6.07 Å². The molecule has 0 aliphatic carbocycles. The van der Waals surface area contributed by atoms with E-state index < -0.39 is 0 Å². The molecule has 3 rings (SSSR count). The molecule has 1 aliphatic rings. The molecule has 0 spiro atoms. The van der Waals surface area contributed by atoms with E-state index in [2.05, 4.69) is 4.98 Å². The summed E-state index contributed by atoms with van der Waals surface area (Å²) >= 11 is 0. The van der Waals surface area contributed by atoms with Gasteiger partial charge in [0.1, 0.15) is 0 Å². The number of nitrogens with zero attached hydrogens (tertiary/aromatic N) is 1. The van der Waals surface area contributed by atoms with Gasteiger partial charge in [0.2, 0.25) is 11.5 Å². The number of hydrogen-bond acceptors (Lipinski definition) is 3. The lowest BCUT2D eigenvalue weighted by molar-refractivity contribution is -0.116. The molecule has 1 amide bonds. The molecule has 1 aromatic carbocycles. The van der Waals surface area contributed by atoms with Crippen LogP contribution in [0.5, 0.6) is 0 Å². The molecule has 18 heavy (non-hydrogen) atoms. The number of aromatic nitrogens is 1. The summed E-state index contributed by atoms with van der Waals surface area (Å²) in [6.45, 7) is 1.37. The van der Waals surface area contributed by atoms with Gasteiger partial charge < -0.3 is 10.1 Å². The molecule has 0 saturated carbocycles. The van der Waals surface area contributed by atoms with Crippen LogP contribution in [0.3, 0.4) is 0 Å². The minimum absolute atomic E-state index is 0.173. The van der Waals surface area contributed by atoms with Crippen LogP contribution in [0.1, 0.15) is 12.5 Å². The number of pyridine rings is 1. The first-order valence-corrected chi connectivity index (χ1v) is 5.45. The van der Waals surface area contributed by atoms with Gasteiger partial charge in [-0.25, -0.2) is 0 Å². The number of anilines is 1. The van der Waals surface area contributed by atoms with Crippen LogP contribution < -0.4 is 10.5 Å². The third kappa shape index (κ3) is 1.34. The number of aliphatic hydroxyl groups excluding tert-OH is 1. The van der Waals surface area contributed by atoms with Crippen molar-refractivity contribution in [2.45, 2.75) is 6.92 Å². The molecule has 0 bridgehead atoms. The highest BCUT2D eigenvalue weighted by Gasteiger charge is 2.24. The summed E-state index contributed by atoms with van der Waals surface area (Å²) in [4.78, 5) is 27.0. The Balaban J connectivity index is 2.47. The number of nitrogens with one attached hydrogen (secondary N) is 1. The maximum absolute atomic E-state index is 11.6. The Labute approximate surface area is 102 Å². The average molecular weight is 242 g/mol. The van der Waals surface area contributed by atoms with Crippen molar-refractivity contribution < 1.29 is 9.90 Å². The molecular formula is C13H10N2O3. The summed E-state index contributed by atoms with van der Waals surface area (Å²) in [6.07, 6.45) is 1.42. The molecule has 0 fully saturated rings. The molecule has 1 aliphatic heterocycles. The van der Waals surface area contributed by atoms with Gasteiger partial charge in [0.25, 0.3) is 0 Å². The second kappa shape index (κ2) is 3.46. The Morgan fingerprint density at radius 2 is 2.17 bits per heavy atom. The maximum Gasteiger partial charge on any atom is 0.249 e. The van der Waals surface area contributed by atoms with Crippen LogP contribution in [-0.2, 0) is 4.79 Å². The third-order valence-electron chi connectivity index (χ3n) is 2.95. The molecule has 2 heterocycles. The lowest BCUT2D eigenvalue weighted by atomic mass is 10.0. The monoisotopic (exact) mass is 242 g/mol. The molecule has 5 nitrogen and oxygen atoms in total. The number of amides is 1. The number of carbonyl (C=O) groups is 1. The van der Waals surface area contributed by atoms with E-state index in [1.54, 1.807) is 18.2 Å². The summed E-state index contributed by atoms with van der Waals surface area (Å²) in [6, 6.07) is 6.62. The first-order chi connectivity index (χ1) is 8.58. The molecule has 1 aromatic heterocycles. The smallest absolute Gasteiger partial charge is 0.249 e. The maximum atomic E-state index is 11.6. The zero-order valence-corrected chi connectivity index (χ0v) is 9.60. The van der Waals surface area contributed by atoms with Gasteiger partial charge >= 0.3 is 0 Å². The second-order valence-corrected chi connectivity index (χ2v) is 4.15. The molecule has 2 aromatic rings. The molecule has 5 heteroatoms. The van der Waals surface area contributed by atoms with E-state index in [1.807, 2.05) is 0 Å². The van der Waals surface area contributed by atoms with Crippen LogP contribution in [0.15, 0.2) is 34.9 Å². The van der Waals surface area contributed by atoms with Gasteiger partial charge in [-0.15, -0.1) is 0 Å². The van der Waals surface area contributed by atoms with Crippen molar-refractivity contribution >= 4 is 28.6 Å². The second-order valence-electron chi connectivity index (χ2n) is 4.15. The van der Waals surface area contributed by atoms with Crippen molar-refractivity contribution in [3.8, 4) is 0 Å². The quantitative estimate of drug-likeness (QED) is 0.739. The first kappa shape index (κ1) is 10.6. The number of aromatic amines is 1. The van der Waals surface area contributed by atoms with Crippen LogP contribution in [0.2, 0.25) is 0 Å². The third-order valence-corrected chi connectivity index (χ3v) is 2.95. The number of rotatable bonds is 0. The predicted molar refractivity (Wildman–Crippen MR) is 68.3 cm³/mol. The van der Waals surface area contributed by atoms with E-state index in [0.717, 1.165) is 5.39 Å². The van der Waals surface area contributed by atoms with Gasteiger partial charge in [-0.2, -0.15) is 0 Å². The highest BCUT2D eigenvalue weighted by molar-refractivity contribution is 6.09. The number of H-pyrrole nitrogens is 1. The van der Waals surface area contributed by atoms with E-state index in [0.29, 0.717) is 16.8 Å². The van der Waals surface area contributed by atoms with Crippen LogP contribution >= 0.6 is 0 Å². The summed E-state index contributed by atoms with van der Waals surface area (Å²) in [5.74, 6) is -0.457. The molecule has 90 valence electrons. The van der Waals surface area contributed by atoms with E-state index in [4.69, 9.17) is 0 Å².